The molecule has 6 nitrogen and oxygen atoms in total. The lowest BCUT2D eigenvalue weighted by Gasteiger charge is -2.08. The summed E-state index contributed by atoms with van der Waals surface area (Å²) in [5, 5.41) is 9.58. The predicted molar refractivity (Wildman–Crippen MR) is 95.2 cm³/mol. The number of pyridine rings is 1. The van der Waals surface area contributed by atoms with Gasteiger partial charge in [0.2, 0.25) is 5.58 Å². The van der Waals surface area contributed by atoms with Gasteiger partial charge in [-0.05, 0) is 30.9 Å². The molecule has 4 aromatic rings. The van der Waals surface area contributed by atoms with E-state index in [1.165, 1.54) is 0 Å². The van der Waals surface area contributed by atoms with Crippen molar-refractivity contribution in [3.63, 3.8) is 0 Å². The average Bonchev–Trinajstić information content (AvgIpc) is 3.34. The molecule has 0 unspecified atom stereocenters. The van der Waals surface area contributed by atoms with Gasteiger partial charge >= 0.3 is 0 Å². The van der Waals surface area contributed by atoms with Crippen LogP contribution in [0.15, 0.2) is 46.8 Å². The van der Waals surface area contributed by atoms with Gasteiger partial charge in [0, 0.05) is 25.5 Å². The Kier molecular flexibility index (Phi) is 4.00. The fourth-order valence-corrected chi connectivity index (χ4v) is 3.30. The molecule has 0 aliphatic heterocycles. The molecule has 0 aliphatic rings. The van der Waals surface area contributed by atoms with Crippen LogP contribution in [0.4, 0.5) is 5.69 Å². The van der Waals surface area contributed by atoms with E-state index in [9.17, 15) is 0 Å². The minimum atomic E-state index is 0.718. The highest BCUT2D eigenvalue weighted by Gasteiger charge is 2.14. The smallest absolute Gasteiger partial charge is 0.208 e. The predicted octanol–water partition coefficient (Wildman–Crippen LogP) is 3.96. The van der Waals surface area contributed by atoms with Crippen LogP contribution in [-0.4, -0.2) is 26.2 Å². The van der Waals surface area contributed by atoms with Crippen LogP contribution < -0.4 is 5.32 Å². The Morgan fingerprint density at radius 1 is 1.38 bits per heavy atom. The summed E-state index contributed by atoms with van der Waals surface area (Å²) in [5.74, 6) is 0. The van der Waals surface area contributed by atoms with Crippen molar-refractivity contribution in [3.8, 4) is 10.6 Å². The normalized spacial score (nSPS) is 11.2. The molecule has 0 aromatic carbocycles. The van der Waals surface area contributed by atoms with Gasteiger partial charge in [-0.2, -0.15) is 0 Å². The summed E-state index contributed by atoms with van der Waals surface area (Å²) < 4.78 is 7.54. The first-order chi connectivity index (χ1) is 11.8. The van der Waals surface area contributed by atoms with Gasteiger partial charge < -0.3 is 14.4 Å². The second-order valence-electron chi connectivity index (χ2n) is 5.56. The second-order valence-corrected chi connectivity index (χ2v) is 6.51. The average molecular weight is 339 g/mol. The Balaban J connectivity index is 1.56. The van der Waals surface area contributed by atoms with Crippen LogP contribution in [0.1, 0.15) is 12.1 Å². The van der Waals surface area contributed by atoms with Crippen LogP contribution in [-0.2, 0) is 6.54 Å². The Bertz CT molecular complexity index is 928. The molecule has 0 atom stereocenters. The zero-order valence-electron chi connectivity index (χ0n) is 13.3. The molecule has 1 N–H and O–H groups in total. The molecule has 0 saturated carbocycles. The maximum absolute atomic E-state index is 5.47. The standard InChI is InChI=1S/C17H17N5OS/c1-12-16-17(23-21-12)14(10-13(20-16)15-4-2-9-24-15)19-5-3-7-22-8-6-18-11-22/h2,4,6,8-11H,3,5,7H2,1H3,(H,19,20). The highest BCUT2D eigenvalue weighted by atomic mass is 32.1. The van der Waals surface area contributed by atoms with E-state index in [0.29, 0.717) is 0 Å². The number of hydrogen-bond acceptors (Lipinski definition) is 6. The molecule has 0 saturated heterocycles. The van der Waals surface area contributed by atoms with Gasteiger partial charge in [0.1, 0.15) is 11.2 Å². The third-order valence-corrected chi connectivity index (χ3v) is 4.72. The van der Waals surface area contributed by atoms with Crippen molar-refractivity contribution < 1.29 is 4.52 Å². The van der Waals surface area contributed by atoms with Crippen molar-refractivity contribution in [1.82, 2.24) is 19.7 Å². The van der Waals surface area contributed by atoms with Crippen LogP contribution >= 0.6 is 11.3 Å². The zero-order valence-corrected chi connectivity index (χ0v) is 14.1. The molecular formula is C17H17N5OS. The minimum absolute atomic E-state index is 0.718. The number of fused-ring (bicyclic) bond motifs is 1. The van der Waals surface area contributed by atoms with Crippen molar-refractivity contribution in [2.24, 2.45) is 0 Å². The molecule has 0 aliphatic carbocycles. The lowest BCUT2D eigenvalue weighted by atomic mass is 10.2. The molecule has 122 valence electrons. The van der Waals surface area contributed by atoms with Crippen molar-refractivity contribution in [2.75, 3.05) is 11.9 Å². The van der Waals surface area contributed by atoms with E-state index < -0.39 is 0 Å². The number of nitrogens with zero attached hydrogens (tertiary/aromatic N) is 4. The molecule has 4 aromatic heterocycles. The highest BCUT2D eigenvalue weighted by Crippen LogP contribution is 2.31. The van der Waals surface area contributed by atoms with Crippen LogP contribution in [0.5, 0.6) is 0 Å². The van der Waals surface area contributed by atoms with E-state index in [1.54, 1.807) is 17.5 Å². The Morgan fingerprint density at radius 2 is 2.33 bits per heavy atom. The molecule has 4 heterocycles. The fraction of sp³-hybridized carbons (Fsp3) is 0.235. The van der Waals surface area contributed by atoms with Gasteiger partial charge in [0.25, 0.3) is 0 Å². The first-order valence-electron chi connectivity index (χ1n) is 7.82. The number of imidazole rings is 1. The number of rotatable bonds is 6. The van der Waals surface area contributed by atoms with Crippen LogP contribution in [0.3, 0.4) is 0 Å². The Morgan fingerprint density at radius 3 is 3.12 bits per heavy atom. The monoisotopic (exact) mass is 339 g/mol. The molecule has 4 rings (SSSR count). The lowest BCUT2D eigenvalue weighted by molar-refractivity contribution is 0.451. The van der Waals surface area contributed by atoms with Crippen LogP contribution in [0, 0.1) is 6.92 Å². The Hall–Kier alpha value is -2.67. The maximum atomic E-state index is 5.47. The molecule has 0 bridgehead atoms. The van der Waals surface area contributed by atoms with Crippen LogP contribution in [0.2, 0.25) is 0 Å². The van der Waals surface area contributed by atoms with Crippen molar-refractivity contribution in [3.05, 3.63) is 48.0 Å². The summed E-state index contributed by atoms with van der Waals surface area (Å²) in [5.41, 5.74) is 4.23. The lowest BCUT2D eigenvalue weighted by Crippen LogP contribution is -2.06. The van der Waals surface area contributed by atoms with Gasteiger partial charge in [-0.15, -0.1) is 11.3 Å². The Labute approximate surface area is 143 Å². The second kappa shape index (κ2) is 6.45. The highest BCUT2D eigenvalue weighted by molar-refractivity contribution is 7.13. The van der Waals surface area contributed by atoms with Gasteiger partial charge in [-0.1, -0.05) is 11.2 Å². The summed E-state index contributed by atoms with van der Waals surface area (Å²) >= 11 is 1.68. The number of aromatic nitrogens is 4. The van der Waals surface area contributed by atoms with Gasteiger partial charge in [-0.3, -0.25) is 0 Å². The van der Waals surface area contributed by atoms with E-state index in [2.05, 4.69) is 31.5 Å². The molecule has 0 amide bonds. The first kappa shape index (κ1) is 14.9. The fourth-order valence-electron chi connectivity index (χ4n) is 2.61. The minimum Gasteiger partial charge on any atom is -0.382 e. The molecule has 0 radical (unpaired) electrons. The number of hydrogen-bond donors (Lipinski definition) is 1. The third kappa shape index (κ3) is 2.90. The van der Waals surface area contributed by atoms with Crippen molar-refractivity contribution in [2.45, 2.75) is 19.9 Å². The number of aryl methyl sites for hydroxylation is 2. The summed E-state index contributed by atoms with van der Waals surface area (Å²) in [7, 11) is 0. The van der Waals surface area contributed by atoms with Gasteiger partial charge in [0.05, 0.1) is 22.6 Å². The number of anilines is 1. The SMILES string of the molecule is Cc1noc2c(NCCCn3ccnc3)cc(-c3cccs3)nc12. The number of nitrogens with one attached hydrogen (secondary N) is 1. The molecule has 24 heavy (non-hydrogen) atoms. The van der Waals surface area contributed by atoms with E-state index in [4.69, 9.17) is 9.51 Å². The van der Waals surface area contributed by atoms with Gasteiger partial charge in [0.15, 0.2) is 0 Å². The van der Waals surface area contributed by atoms with Crippen LogP contribution in [0.25, 0.3) is 21.7 Å². The topological polar surface area (TPSA) is 68.8 Å². The summed E-state index contributed by atoms with van der Waals surface area (Å²) in [6.45, 7) is 3.68. The maximum Gasteiger partial charge on any atom is 0.208 e. The van der Waals surface area contributed by atoms with Crippen molar-refractivity contribution >= 4 is 28.1 Å². The van der Waals surface area contributed by atoms with E-state index in [0.717, 1.165) is 52.6 Å². The van der Waals surface area contributed by atoms with Crippen molar-refractivity contribution in [1.29, 1.82) is 0 Å². The largest absolute Gasteiger partial charge is 0.382 e. The molecule has 0 spiro atoms. The number of thiophene rings is 1. The third-order valence-electron chi connectivity index (χ3n) is 3.83. The summed E-state index contributed by atoms with van der Waals surface area (Å²) in [4.78, 5) is 9.90. The molecular weight excluding hydrogens is 322 g/mol. The van der Waals surface area contributed by atoms with E-state index >= 15 is 0 Å². The molecule has 7 heteroatoms. The quantitative estimate of drug-likeness (QED) is 0.539. The van der Waals surface area contributed by atoms with E-state index in [-0.39, 0.29) is 0 Å². The first-order valence-corrected chi connectivity index (χ1v) is 8.70. The molecule has 0 fully saturated rings. The van der Waals surface area contributed by atoms with E-state index in [1.807, 2.05) is 31.6 Å². The summed E-state index contributed by atoms with van der Waals surface area (Å²) in [6, 6.07) is 6.14. The summed E-state index contributed by atoms with van der Waals surface area (Å²) in [6.07, 6.45) is 6.59. The zero-order chi connectivity index (χ0) is 16.4. The van der Waals surface area contributed by atoms with Gasteiger partial charge in [-0.25, -0.2) is 9.97 Å².